The fraction of sp³-hybridized carbons (Fsp3) is 0.320. The van der Waals surface area contributed by atoms with Gasteiger partial charge in [0.25, 0.3) is 5.91 Å². The van der Waals surface area contributed by atoms with Crippen molar-refractivity contribution in [1.29, 1.82) is 0 Å². The van der Waals surface area contributed by atoms with Crippen LogP contribution in [0.25, 0.3) is 10.2 Å². The Bertz CT molecular complexity index is 1200. The first-order valence-electron chi connectivity index (χ1n) is 10.8. The lowest BCUT2D eigenvalue weighted by atomic mass is 10.1. The molecular formula is C25H28N4OS2. The molecule has 0 fully saturated rings. The molecule has 0 aliphatic heterocycles. The first-order valence-corrected chi connectivity index (χ1v) is 12.5. The van der Waals surface area contributed by atoms with Crippen LogP contribution in [-0.2, 0) is 6.54 Å². The minimum absolute atomic E-state index is 0.00911. The highest BCUT2D eigenvalue weighted by molar-refractivity contribution is 7.99. The van der Waals surface area contributed by atoms with Crippen LogP contribution in [0.15, 0.2) is 60.0 Å². The van der Waals surface area contributed by atoms with Gasteiger partial charge in [-0.1, -0.05) is 31.3 Å². The number of rotatable bonds is 8. The molecule has 4 aromatic rings. The van der Waals surface area contributed by atoms with Crippen molar-refractivity contribution in [2.24, 2.45) is 0 Å². The maximum atomic E-state index is 13.6. The molecule has 7 heteroatoms. The first-order chi connectivity index (χ1) is 15.4. The van der Waals surface area contributed by atoms with Crippen molar-refractivity contribution in [2.75, 3.05) is 11.4 Å². The van der Waals surface area contributed by atoms with E-state index in [1.54, 1.807) is 35.6 Å². The summed E-state index contributed by atoms with van der Waals surface area (Å²) >= 11 is 3.38. The van der Waals surface area contributed by atoms with Gasteiger partial charge in [-0.15, -0.1) is 11.8 Å². The average Bonchev–Trinajstić information content (AvgIpc) is 3.44. The molecule has 2 aromatic heterocycles. The zero-order valence-electron chi connectivity index (χ0n) is 18.9. The van der Waals surface area contributed by atoms with Crippen LogP contribution in [0.4, 0.5) is 5.13 Å². The Morgan fingerprint density at radius 3 is 2.62 bits per heavy atom. The summed E-state index contributed by atoms with van der Waals surface area (Å²) in [6.45, 7) is 9.93. The highest BCUT2D eigenvalue weighted by atomic mass is 32.2. The van der Waals surface area contributed by atoms with Crippen LogP contribution in [0.1, 0.15) is 41.8 Å². The third kappa shape index (κ3) is 5.05. The van der Waals surface area contributed by atoms with Crippen molar-refractivity contribution < 1.29 is 4.79 Å². The molecule has 0 saturated heterocycles. The van der Waals surface area contributed by atoms with Crippen molar-refractivity contribution in [2.45, 2.75) is 50.8 Å². The number of nitrogens with zero attached hydrogens (tertiary/aromatic N) is 4. The normalized spacial score (nSPS) is 11.4. The minimum atomic E-state index is -0.00911. The second kappa shape index (κ2) is 9.88. The van der Waals surface area contributed by atoms with Crippen molar-refractivity contribution in [3.05, 3.63) is 71.8 Å². The SMILES string of the molecule is Cc1ccc2sc(N(CCCn3ccnc3)C(=O)c3ccc(SC(C)C)cc3)nc2c1C. The van der Waals surface area contributed by atoms with Gasteiger partial charge in [0, 0.05) is 41.2 Å². The molecule has 0 atom stereocenters. The lowest BCUT2D eigenvalue weighted by Gasteiger charge is -2.20. The van der Waals surface area contributed by atoms with E-state index < -0.39 is 0 Å². The van der Waals surface area contributed by atoms with Gasteiger partial charge in [-0.05, 0) is 61.7 Å². The molecule has 0 spiro atoms. The number of hydrogen-bond donors (Lipinski definition) is 0. The average molecular weight is 465 g/mol. The molecule has 166 valence electrons. The van der Waals surface area contributed by atoms with Crippen LogP contribution in [0.2, 0.25) is 0 Å². The molecule has 1 amide bonds. The van der Waals surface area contributed by atoms with Crippen LogP contribution in [0, 0.1) is 13.8 Å². The predicted octanol–water partition coefficient (Wildman–Crippen LogP) is 6.35. The second-order valence-corrected chi connectivity index (χ2v) is 10.8. The van der Waals surface area contributed by atoms with E-state index in [0.29, 0.717) is 17.4 Å². The zero-order chi connectivity index (χ0) is 22.7. The lowest BCUT2D eigenvalue weighted by Crippen LogP contribution is -2.32. The van der Waals surface area contributed by atoms with Crippen molar-refractivity contribution in [3.8, 4) is 0 Å². The summed E-state index contributed by atoms with van der Waals surface area (Å²) < 4.78 is 3.14. The van der Waals surface area contributed by atoms with Gasteiger partial charge in [0.1, 0.15) is 0 Å². The Labute approximate surface area is 197 Å². The van der Waals surface area contributed by atoms with Crippen LogP contribution in [0.5, 0.6) is 0 Å². The summed E-state index contributed by atoms with van der Waals surface area (Å²) in [6, 6.07) is 12.2. The highest BCUT2D eigenvalue weighted by Gasteiger charge is 2.22. The molecule has 0 N–H and O–H groups in total. The third-order valence-corrected chi connectivity index (χ3v) is 7.44. The number of carbonyl (C=O) groups is 1. The molecule has 2 aromatic carbocycles. The Hall–Kier alpha value is -2.64. The number of imidazole rings is 1. The minimum Gasteiger partial charge on any atom is -0.337 e. The summed E-state index contributed by atoms with van der Waals surface area (Å²) in [4.78, 5) is 25.6. The maximum Gasteiger partial charge on any atom is 0.260 e. The van der Waals surface area contributed by atoms with Gasteiger partial charge in [-0.3, -0.25) is 9.69 Å². The van der Waals surface area contributed by atoms with Crippen LogP contribution in [0.3, 0.4) is 0 Å². The Kier molecular flexibility index (Phi) is 6.96. The number of fused-ring (bicyclic) bond motifs is 1. The number of thioether (sulfide) groups is 1. The Balaban J connectivity index is 1.62. The number of benzene rings is 2. The van der Waals surface area contributed by atoms with E-state index in [1.807, 2.05) is 39.9 Å². The van der Waals surface area contributed by atoms with E-state index in [-0.39, 0.29) is 5.91 Å². The number of carbonyl (C=O) groups excluding carboxylic acids is 1. The van der Waals surface area contributed by atoms with E-state index in [4.69, 9.17) is 4.98 Å². The van der Waals surface area contributed by atoms with Gasteiger partial charge in [-0.2, -0.15) is 0 Å². The third-order valence-electron chi connectivity index (χ3n) is 5.38. The first kappa shape index (κ1) is 22.6. The van der Waals surface area contributed by atoms with E-state index in [9.17, 15) is 4.79 Å². The smallest absolute Gasteiger partial charge is 0.260 e. The molecule has 0 radical (unpaired) electrons. The number of amides is 1. The molecule has 32 heavy (non-hydrogen) atoms. The molecule has 0 unspecified atom stereocenters. The molecule has 5 nitrogen and oxygen atoms in total. The number of aromatic nitrogens is 3. The van der Waals surface area contributed by atoms with Crippen molar-refractivity contribution >= 4 is 44.4 Å². The number of aryl methyl sites for hydroxylation is 3. The zero-order valence-corrected chi connectivity index (χ0v) is 20.5. The largest absolute Gasteiger partial charge is 0.337 e. The number of hydrogen-bond acceptors (Lipinski definition) is 5. The summed E-state index contributed by atoms with van der Waals surface area (Å²) in [7, 11) is 0. The van der Waals surface area contributed by atoms with Crippen molar-refractivity contribution in [1.82, 2.24) is 14.5 Å². The van der Waals surface area contributed by atoms with E-state index >= 15 is 0 Å². The number of anilines is 1. The van der Waals surface area contributed by atoms with Gasteiger partial charge in [0.2, 0.25) is 0 Å². The lowest BCUT2D eigenvalue weighted by molar-refractivity contribution is 0.0986. The predicted molar refractivity (Wildman–Crippen MR) is 135 cm³/mol. The maximum absolute atomic E-state index is 13.6. The molecular weight excluding hydrogens is 436 g/mol. The number of thiazole rings is 1. The second-order valence-electron chi connectivity index (χ2n) is 8.15. The standard InChI is InChI=1S/C25H28N4OS2/c1-17(2)31-21-9-7-20(8-10-21)24(30)29(14-5-13-28-15-12-26-16-28)25-27-23-19(4)18(3)6-11-22(23)32-25/h6-12,15-17H,5,13-14H2,1-4H3. The quantitative estimate of drug-likeness (QED) is 0.285. The highest BCUT2D eigenvalue weighted by Crippen LogP contribution is 2.33. The molecule has 0 bridgehead atoms. The van der Waals surface area contributed by atoms with Gasteiger partial charge in [-0.25, -0.2) is 9.97 Å². The van der Waals surface area contributed by atoms with Crippen LogP contribution in [-0.4, -0.2) is 32.2 Å². The fourth-order valence-corrected chi connectivity index (χ4v) is 5.44. The van der Waals surface area contributed by atoms with Crippen LogP contribution < -0.4 is 4.90 Å². The fourth-order valence-electron chi connectivity index (χ4n) is 3.55. The van der Waals surface area contributed by atoms with Crippen molar-refractivity contribution in [3.63, 3.8) is 0 Å². The molecule has 0 saturated carbocycles. The van der Waals surface area contributed by atoms with Gasteiger partial charge in [0.05, 0.1) is 16.5 Å². The molecule has 2 heterocycles. The van der Waals surface area contributed by atoms with E-state index in [0.717, 1.165) is 28.3 Å². The summed E-state index contributed by atoms with van der Waals surface area (Å²) in [5.74, 6) is -0.00911. The molecule has 0 aliphatic carbocycles. The van der Waals surface area contributed by atoms with Gasteiger partial charge in [0.15, 0.2) is 5.13 Å². The van der Waals surface area contributed by atoms with Crippen LogP contribution >= 0.6 is 23.1 Å². The summed E-state index contributed by atoms with van der Waals surface area (Å²) in [5, 5.41) is 1.26. The molecule has 0 aliphatic rings. The van der Waals surface area contributed by atoms with Gasteiger partial charge < -0.3 is 4.57 Å². The Morgan fingerprint density at radius 1 is 1.16 bits per heavy atom. The van der Waals surface area contributed by atoms with Gasteiger partial charge >= 0.3 is 0 Å². The van der Waals surface area contributed by atoms with E-state index in [2.05, 4.69) is 44.8 Å². The molecule has 4 rings (SSSR count). The monoisotopic (exact) mass is 464 g/mol. The Morgan fingerprint density at radius 2 is 1.94 bits per heavy atom. The van der Waals surface area contributed by atoms with E-state index in [1.165, 1.54) is 16.0 Å². The summed E-state index contributed by atoms with van der Waals surface area (Å²) in [5.41, 5.74) is 4.06. The summed E-state index contributed by atoms with van der Waals surface area (Å²) in [6.07, 6.45) is 6.35. The topological polar surface area (TPSA) is 51.0 Å².